The standard InChI is InChI=1S/C75H133NO18/c1-3-5-7-9-11-13-15-17-18-19-20-21-22-23-24-25-26-27-28-29-30-31-32-33-34-35-36-37-38-39-40-41-43-45-47-49-51-53-63(81)76-58(59(80)52-50-48-46-44-42-16-14-12-10-8-6-4-2)57-89-73-69(87)66(84)71(61(55-78)91-73)94-75-70(88)67(85)72(62(56-79)92-75)93-74-68(86)65(83)64(82)60(54-77)90-74/h5,7,11,13,17-18,20-21,23-24,26-27,58-62,64-75,77-80,82-88H,3-4,6,8-10,12,14-16,19,22,25,28-57H2,1-2H3,(H,76,81)/b7-5-,13-11-,18-17-,21-20-,24-23-,27-26-. The zero-order valence-electron chi connectivity index (χ0n) is 57.9. The molecular formula is C75H133NO18. The molecule has 94 heavy (non-hydrogen) atoms. The number of rotatable bonds is 57. The number of hydrogen-bond donors (Lipinski definition) is 12. The fourth-order valence-corrected chi connectivity index (χ4v) is 12.3. The summed E-state index contributed by atoms with van der Waals surface area (Å²) >= 11 is 0. The predicted octanol–water partition coefficient (Wildman–Crippen LogP) is 10.9. The minimum absolute atomic E-state index is 0.243. The van der Waals surface area contributed by atoms with Crippen molar-refractivity contribution in [1.82, 2.24) is 5.32 Å². The van der Waals surface area contributed by atoms with Crippen LogP contribution in [0.3, 0.4) is 0 Å². The second kappa shape index (κ2) is 56.0. The lowest BCUT2D eigenvalue weighted by Gasteiger charge is -2.48. The number of aliphatic hydroxyl groups excluding tert-OH is 11. The second-order valence-corrected chi connectivity index (χ2v) is 26.4. The minimum Gasteiger partial charge on any atom is -0.394 e. The number of amides is 1. The van der Waals surface area contributed by atoms with Crippen molar-refractivity contribution < 1.29 is 89.4 Å². The van der Waals surface area contributed by atoms with Crippen LogP contribution in [0.4, 0.5) is 0 Å². The molecule has 0 aromatic heterocycles. The Bertz CT molecular complexity index is 1980. The molecular weight excluding hydrogens is 1200 g/mol. The first-order valence-electron chi connectivity index (χ1n) is 37.2. The van der Waals surface area contributed by atoms with Gasteiger partial charge in [0.2, 0.25) is 5.91 Å². The number of carbonyl (C=O) groups is 1. The monoisotopic (exact) mass is 1340 g/mol. The highest BCUT2D eigenvalue weighted by Gasteiger charge is 2.53. The molecule has 0 aliphatic carbocycles. The maximum absolute atomic E-state index is 13.4. The summed E-state index contributed by atoms with van der Waals surface area (Å²) in [7, 11) is 0. The lowest BCUT2D eigenvalue weighted by Crippen LogP contribution is -2.66. The van der Waals surface area contributed by atoms with Crippen LogP contribution in [-0.2, 0) is 33.2 Å². The number of hydrogen-bond acceptors (Lipinski definition) is 18. The zero-order valence-corrected chi connectivity index (χ0v) is 57.9. The van der Waals surface area contributed by atoms with E-state index < -0.39 is 124 Å². The molecule has 0 radical (unpaired) electrons. The lowest BCUT2D eigenvalue weighted by molar-refractivity contribution is -0.379. The SMILES string of the molecule is CC/C=C\C/C=C\C/C=C\C/C=C\C/C=C\C/C=C\CCCCCCCCCCCCCCCCCCCCC(=O)NC(COC1OC(CO)C(OC2OC(CO)C(OC3OC(CO)C(O)C(O)C3O)C(O)C2O)C(O)C1O)C(O)CCCCCCCCCCCCCC. The van der Waals surface area contributed by atoms with E-state index in [1.165, 1.54) is 148 Å². The molecule has 3 saturated heterocycles. The van der Waals surface area contributed by atoms with Crippen LogP contribution in [0, 0.1) is 0 Å². The number of ether oxygens (including phenoxy) is 6. The van der Waals surface area contributed by atoms with Gasteiger partial charge in [0.15, 0.2) is 18.9 Å². The summed E-state index contributed by atoms with van der Waals surface area (Å²) in [6.07, 6.45) is 44.4. The Morgan fingerprint density at radius 2 is 0.734 bits per heavy atom. The quantitative estimate of drug-likeness (QED) is 0.0199. The Kier molecular flexibility index (Phi) is 50.9. The normalized spacial score (nSPS) is 27.8. The zero-order chi connectivity index (χ0) is 68.2. The molecule has 3 heterocycles. The van der Waals surface area contributed by atoms with Crippen LogP contribution in [-0.4, -0.2) is 193 Å². The number of nitrogens with one attached hydrogen (secondary N) is 1. The summed E-state index contributed by atoms with van der Waals surface area (Å²) in [6.45, 7) is 1.68. The Hall–Kier alpha value is -2.77. The van der Waals surface area contributed by atoms with Crippen molar-refractivity contribution >= 4 is 5.91 Å². The maximum atomic E-state index is 13.4. The molecule has 1 amide bonds. The molecule has 0 bridgehead atoms. The summed E-state index contributed by atoms with van der Waals surface area (Å²) in [5.41, 5.74) is 0. The van der Waals surface area contributed by atoms with Gasteiger partial charge in [-0.25, -0.2) is 0 Å². The number of unbranched alkanes of at least 4 members (excludes halogenated alkanes) is 29. The van der Waals surface area contributed by atoms with E-state index in [0.717, 1.165) is 83.5 Å². The number of carbonyl (C=O) groups excluding carboxylic acids is 1. The van der Waals surface area contributed by atoms with Gasteiger partial charge < -0.3 is 89.9 Å². The molecule has 0 aromatic rings. The highest BCUT2D eigenvalue weighted by atomic mass is 16.8. The first-order valence-corrected chi connectivity index (χ1v) is 37.2. The van der Waals surface area contributed by atoms with E-state index in [1.54, 1.807) is 0 Å². The fourth-order valence-electron chi connectivity index (χ4n) is 12.3. The summed E-state index contributed by atoms with van der Waals surface area (Å²) < 4.78 is 34.4. The molecule has 19 nitrogen and oxygen atoms in total. The second-order valence-electron chi connectivity index (χ2n) is 26.4. The van der Waals surface area contributed by atoms with E-state index in [4.69, 9.17) is 28.4 Å². The highest BCUT2D eigenvalue weighted by Crippen LogP contribution is 2.33. The van der Waals surface area contributed by atoms with E-state index >= 15 is 0 Å². The molecule has 17 unspecified atom stereocenters. The van der Waals surface area contributed by atoms with Crippen LogP contribution < -0.4 is 5.32 Å². The van der Waals surface area contributed by atoms with Crippen LogP contribution >= 0.6 is 0 Å². The smallest absolute Gasteiger partial charge is 0.220 e. The summed E-state index contributed by atoms with van der Waals surface area (Å²) in [5, 5.41) is 121. The highest BCUT2D eigenvalue weighted by molar-refractivity contribution is 5.76. The van der Waals surface area contributed by atoms with Crippen molar-refractivity contribution in [3.05, 3.63) is 72.9 Å². The van der Waals surface area contributed by atoms with Crippen molar-refractivity contribution in [3.8, 4) is 0 Å². The molecule has 3 aliphatic rings. The van der Waals surface area contributed by atoms with Crippen molar-refractivity contribution in [1.29, 1.82) is 0 Å². The van der Waals surface area contributed by atoms with Gasteiger partial charge in [-0.2, -0.15) is 0 Å². The number of allylic oxidation sites excluding steroid dienone is 12. The third-order valence-corrected chi connectivity index (χ3v) is 18.3. The minimum atomic E-state index is -1.97. The van der Waals surface area contributed by atoms with Crippen LogP contribution in [0.5, 0.6) is 0 Å². The first-order chi connectivity index (χ1) is 45.8. The molecule has 17 atom stereocenters. The Balaban J connectivity index is 1.30. The molecule has 0 saturated carbocycles. The lowest BCUT2D eigenvalue weighted by atomic mass is 9.96. The Morgan fingerprint density at radius 3 is 1.15 bits per heavy atom. The van der Waals surface area contributed by atoms with Gasteiger partial charge in [-0.1, -0.05) is 267 Å². The van der Waals surface area contributed by atoms with Crippen LogP contribution in [0.25, 0.3) is 0 Å². The molecule has 19 heteroatoms. The number of aliphatic hydroxyl groups is 11. The van der Waals surface area contributed by atoms with E-state index in [2.05, 4.69) is 92.1 Å². The summed E-state index contributed by atoms with van der Waals surface area (Å²) in [5.74, 6) is -0.243. The molecule has 3 rings (SSSR count). The van der Waals surface area contributed by atoms with Crippen molar-refractivity contribution in [3.63, 3.8) is 0 Å². The van der Waals surface area contributed by atoms with E-state index in [0.29, 0.717) is 12.8 Å². The topological polar surface area (TPSA) is 307 Å². The molecule has 3 aliphatic heterocycles. The third-order valence-electron chi connectivity index (χ3n) is 18.3. The maximum Gasteiger partial charge on any atom is 0.220 e. The molecule has 0 aromatic carbocycles. The molecule has 3 fully saturated rings. The third kappa shape index (κ3) is 36.9. The molecule has 12 N–H and O–H groups in total. The van der Waals surface area contributed by atoms with Gasteiger partial charge in [0.1, 0.15) is 73.2 Å². The molecule has 546 valence electrons. The van der Waals surface area contributed by atoms with E-state index in [-0.39, 0.29) is 18.9 Å². The Morgan fingerprint density at radius 1 is 0.394 bits per heavy atom. The molecule has 0 spiro atoms. The van der Waals surface area contributed by atoms with Crippen molar-refractivity contribution in [2.45, 2.75) is 369 Å². The van der Waals surface area contributed by atoms with Crippen LogP contribution in [0.1, 0.15) is 264 Å². The summed E-state index contributed by atoms with van der Waals surface area (Å²) in [4.78, 5) is 13.4. The predicted molar refractivity (Wildman–Crippen MR) is 369 cm³/mol. The average molecular weight is 1340 g/mol. The van der Waals surface area contributed by atoms with Gasteiger partial charge in [0, 0.05) is 6.42 Å². The first kappa shape index (κ1) is 85.5. The van der Waals surface area contributed by atoms with E-state index in [9.17, 15) is 61.0 Å². The van der Waals surface area contributed by atoms with Crippen LogP contribution in [0.15, 0.2) is 72.9 Å². The average Bonchev–Trinajstić information content (AvgIpc) is 0.794. The van der Waals surface area contributed by atoms with E-state index in [1.807, 2.05) is 0 Å². The van der Waals surface area contributed by atoms with Gasteiger partial charge in [-0.15, -0.1) is 0 Å². The van der Waals surface area contributed by atoms with Gasteiger partial charge in [0.25, 0.3) is 0 Å². The summed E-state index contributed by atoms with van der Waals surface area (Å²) in [6, 6.07) is -0.887. The largest absolute Gasteiger partial charge is 0.394 e. The van der Waals surface area contributed by atoms with Gasteiger partial charge >= 0.3 is 0 Å². The van der Waals surface area contributed by atoms with Gasteiger partial charge in [-0.3, -0.25) is 4.79 Å². The Labute approximate surface area is 566 Å². The van der Waals surface area contributed by atoms with Gasteiger partial charge in [0.05, 0.1) is 38.6 Å². The fraction of sp³-hybridized carbons (Fsp3) is 0.827. The van der Waals surface area contributed by atoms with Crippen molar-refractivity contribution in [2.24, 2.45) is 0 Å². The van der Waals surface area contributed by atoms with Crippen LogP contribution in [0.2, 0.25) is 0 Å². The van der Waals surface area contributed by atoms with Gasteiger partial charge in [-0.05, 0) is 64.2 Å². The van der Waals surface area contributed by atoms with Crippen molar-refractivity contribution in [2.75, 3.05) is 26.4 Å².